The Morgan fingerprint density at radius 2 is 2.53 bits per heavy atom. The van der Waals surface area contributed by atoms with E-state index in [4.69, 9.17) is 4.74 Å². The minimum Gasteiger partial charge on any atom is -0.463 e. The average molecular weight is 212 g/mol. The first kappa shape index (κ1) is 11.5. The zero-order valence-corrected chi connectivity index (χ0v) is 8.25. The van der Waals surface area contributed by atoms with Crippen LogP contribution in [0.1, 0.15) is 6.92 Å². The van der Waals surface area contributed by atoms with Crippen molar-refractivity contribution in [2.75, 3.05) is 6.61 Å². The van der Waals surface area contributed by atoms with Gasteiger partial charge in [0, 0.05) is 12.2 Å². The standard InChI is InChI=1S/C10H12O5/c1-2-14-9(12)5-3-7(11)8-4-6-10(13)15-8/h3-8,11H,2H2,1H3/b5-3+/t7-,8-/m1/s1. The highest BCUT2D eigenvalue weighted by Gasteiger charge is 2.22. The third-order valence-electron chi connectivity index (χ3n) is 1.73. The van der Waals surface area contributed by atoms with Crippen molar-refractivity contribution in [3.63, 3.8) is 0 Å². The van der Waals surface area contributed by atoms with Crippen LogP contribution >= 0.6 is 0 Å². The average Bonchev–Trinajstić information content (AvgIpc) is 2.62. The molecule has 0 saturated carbocycles. The fourth-order valence-electron chi connectivity index (χ4n) is 1.05. The van der Waals surface area contributed by atoms with Gasteiger partial charge < -0.3 is 14.6 Å². The van der Waals surface area contributed by atoms with Gasteiger partial charge in [-0.1, -0.05) is 0 Å². The van der Waals surface area contributed by atoms with Gasteiger partial charge in [-0.05, 0) is 19.1 Å². The van der Waals surface area contributed by atoms with Gasteiger partial charge in [0.05, 0.1) is 6.61 Å². The smallest absolute Gasteiger partial charge is 0.331 e. The van der Waals surface area contributed by atoms with Crippen molar-refractivity contribution in [1.29, 1.82) is 0 Å². The number of aliphatic hydroxyl groups is 1. The molecule has 0 aliphatic carbocycles. The largest absolute Gasteiger partial charge is 0.463 e. The van der Waals surface area contributed by atoms with E-state index in [9.17, 15) is 14.7 Å². The van der Waals surface area contributed by atoms with Gasteiger partial charge >= 0.3 is 11.9 Å². The Balaban J connectivity index is 2.41. The first-order chi connectivity index (χ1) is 7.13. The maximum atomic E-state index is 10.9. The summed E-state index contributed by atoms with van der Waals surface area (Å²) in [6.45, 7) is 1.96. The lowest BCUT2D eigenvalue weighted by Gasteiger charge is -2.11. The molecule has 1 N–H and O–H groups in total. The monoisotopic (exact) mass is 212 g/mol. The lowest BCUT2D eigenvalue weighted by atomic mass is 10.2. The van der Waals surface area contributed by atoms with Gasteiger partial charge in [0.2, 0.25) is 0 Å². The third-order valence-corrected chi connectivity index (χ3v) is 1.73. The first-order valence-corrected chi connectivity index (χ1v) is 4.55. The van der Waals surface area contributed by atoms with Gasteiger partial charge in [-0.2, -0.15) is 0 Å². The van der Waals surface area contributed by atoms with Gasteiger partial charge in [-0.15, -0.1) is 0 Å². The first-order valence-electron chi connectivity index (χ1n) is 4.55. The summed E-state index contributed by atoms with van der Waals surface area (Å²) in [6.07, 6.45) is 3.24. The number of carbonyl (C=O) groups is 2. The van der Waals surface area contributed by atoms with Crippen LogP contribution < -0.4 is 0 Å². The van der Waals surface area contributed by atoms with Crippen LogP contribution in [0.25, 0.3) is 0 Å². The van der Waals surface area contributed by atoms with Crippen LogP contribution in [0.3, 0.4) is 0 Å². The molecule has 0 fully saturated rings. The van der Waals surface area contributed by atoms with E-state index < -0.39 is 24.1 Å². The Morgan fingerprint density at radius 3 is 3.07 bits per heavy atom. The second-order valence-corrected chi connectivity index (χ2v) is 2.86. The molecule has 1 heterocycles. The number of carbonyl (C=O) groups excluding carboxylic acids is 2. The molecule has 82 valence electrons. The summed E-state index contributed by atoms with van der Waals surface area (Å²) in [5.41, 5.74) is 0. The fourth-order valence-corrected chi connectivity index (χ4v) is 1.05. The molecule has 1 aliphatic rings. The van der Waals surface area contributed by atoms with E-state index in [0.29, 0.717) is 0 Å². The molecule has 0 amide bonds. The van der Waals surface area contributed by atoms with Crippen LogP contribution in [-0.2, 0) is 19.1 Å². The molecule has 0 unspecified atom stereocenters. The predicted molar refractivity (Wildman–Crippen MR) is 50.8 cm³/mol. The van der Waals surface area contributed by atoms with Crippen LogP contribution in [0.15, 0.2) is 24.3 Å². The van der Waals surface area contributed by atoms with Crippen molar-refractivity contribution in [3.8, 4) is 0 Å². The number of ether oxygens (including phenoxy) is 2. The molecule has 15 heavy (non-hydrogen) atoms. The van der Waals surface area contributed by atoms with Crippen LogP contribution in [0, 0.1) is 0 Å². The van der Waals surface area contributed by atoms with E-state index >= 15 is 0 Å². The Morgan fingerprint density at radius 1 is 1.80 bits per heavy atom. The molecule has 1 rings (SSSR count). The molecule has 5 heteroatoms. The Bertz CT molecular complexity index is 305. The number of cyclic esters (lactones) is 1. The highest BCUT2D eigenvalue weighted by atomic mass is 16.6. The summed E-state index contributed by atoms with van der Waals surface area (Å²) in [5, 5.41) is 9.46. The van der Waals surface area contributed by atoms with Gasteiger partial charge in [-0.25, -0.2) is 9.59 Å². The molecule has 0 radical (unpaired) electrons. The summed E-state index contributed by atoms with van der Waals surface area (Å²) in [5.74, 6) is -1.03. The maximum absolute atomic E-state index is 10.9. The van der Waals surface area contributed by atoms with Crippen LogP contribution in [0.5, 0.6) is 0 Å². The molecule has 5 nitrogen and oxygen atoms in total. The minimum absolute atomic E-state index is 0.275. The quantitative estimate of drug-likeness (QED) is 0.522. The summed E-state index contributed by atoms with van der Waals surface area (Å²) < 4.78 is 9.33. The molecule has 1 aliphatic heterocycles. The summed E-state index contributed by atoms with van der Waals surface area (Å²) >= 11 is 0. The molecule has 0 spiro atoms. The lowest BCUT2D eigenvalue weighted by molar-refractivity contribution is -0.141. The zero-order chi connectivity index (χ0) is 11.3. The Hall–Kier alpha value is -1.62. The second-order valence-electron chi connectivity index (χ2n) is 2.86. The molecule has 2 atom stereocenters. The number of rotatable bonds is 4. The molecule has 0 saturated heterocycles. The fraction of sp³-hybridized carbons (Fsp3) is 0.400. The normalized spacial score (nSPS) is 21.7. The van der Waals surface area contributed by atoms with E-state index in [1.165, 1.54) is 18.2 Å². The van der Waals surface area contributed by atoms with Crippen LogP contribution in [0.2, 0.25) is 0 Å². The molecule has 0 aromatic carbocycles. The van der Waals surface area contributed by atoms with Crippen LogP contribution in [-0.4, -0.2) is 35.9 Å². The Labute approximate surface area is 87.0 Å². The highest BCUT2D eigenvalue weighted by Crippen LogP contribution is 2.10. The molecular formula is C10H12O5. The number of esters is 2. The molecular weight excluding hydrogens is 200 g/mol. The van der Waals surface area contributed by atoms with Gasteiger partial charge in [-0.3, -0.25) is 0 Å². The van der Waals surface area contributed by atoms with Crippen molar-refractivity contribution in [1.82, 2.24) is 0 Å². The topological polar surface area (TPSA) is 72.8 Å². The summed E-state index contributed by atoms with van der Waals surface area (Å²) in [6, 6.07) is 0. The summed E-state index contributed by atoms with van der Waals surface area (Å²) in [4.78, 5) is 21.5. The Kier molecular flexibility index (Phi) is 4.05. The predicted octanol–water partition coefficient (Wildman–Crippen LogP) is -0.0518. The molecule has 0 aromatic heterocycles. The van der Waals surface area contributed by atoms with Crippen molar-refractivity contribution >= 4 is 11.9 Å². The summed E-state index contributed by atoms with van der Waals surface area (Å²) in [7, 11) is 0. The maximum Gasteiger partial charge on any atom is 0.331 e. The second kappa shape index (κ2) is 5.31. The van der Waals surface area contributed by atoms with E-state index in [2.05, 4.69) is 4.74 Å². The van der Waals surface area contributed by atoms with E-state index in [1.54, 1.807) is 6.92 Å². The van der Waals surface area contributed by atoms with Gasteiger partial charge in [0.15, 0.2) is 6.10 Å². The van der Waals surface area contributed by atoms with E-state index in [0.717, 1.165) is 6.08 Å². The zero-order valence-electron chi connectivity index (χ0n) is 8.25. The molecule has 0 bridgehead atoms. The van der Waals surface area contributed by atoms with Gasteiger partial charge in [0.25, 0.3) is 0 Å². The highest BCUT2D eigenvalue weighted by molar-refractivity contribution is 5.84. The molecule has 0 aromatic rings. The number of aliphatic hydroxyl groups excluding tert-OH is 1. The van der Waals surface area contributed by atoms with Crippen molar-refractivity contribution < 1.29 is 24.2 Å². The third kappa shape index (κ3) is 3.55. The van der Waals surface area contributed by atoms with Crippen molar-refractivity contribution in [3.05, 3.63) is 24.3 Å². The lowest BCUT2D eigenvalue weighted by Crippen LogP contribution is -2.23. The SMILES string of the molecule is CCOC(=O)/C=C/[C@@H](O)[C@H]1C=CC(=O)O1. The van der Waals surface area contributed by atoms with E-state index in [1.807, 2.05) is 0 Å². The number of hydrogen-bond donors (Lipinski definition) is 1. The van der Waals surface area contributed by atoms with Gasteiger partial charge in [0.1, 0.15) is 6.10 Å². The minimum atomic E-state index is -1.03. The van der Waals surface area contributed by atoms with Crippen molar-refractivity contribution in [2.24, 2.45) is 0 Å². The van der Waals surface area contributed by atoms with E-state index in [-0.39, 0.29) is 6.61 Å². The van der Waals surface area contributed by atoms with Crippen LogP contribution in [0.4, 0.5) is 0 Å². The number of hydrogen-bond acceptors (Lipinski definition) is 5. The van der Waals surface area contributed by atoms with Crippen molar-refractivity contribution in [2.45, 2.75) is 19.1 Å².